The van der Waals surface area contributed by atoms with E-state index in [-0.39, 0.29) is 0 Å². The van der Waals surface area contributed by atoms with Crippen molar-refractivity contribution in [2.75, 3.05) is 0 Å². The van der Waals surface area contributed by atoms with Crippen LogP contribution in [0.15, 0.2) is 54.6 Å². The zero-order chi connectivity index (χ0) is 13.7. The molecular weight excluding hydrogens is 259 g/mol. The Morgan fingerprint density at radius 1 is 1.05 bits per heavy atom. The molecule has 2 aromatic carbocycles. The van der Waals surface area contributed by atoms with Crippen LogP contribution < -0.4 is 4.52 Å². The summed E-state index contributed by atoms with van der Waals surface area (Å²) < 4.78 is 17.3. The number of hydrogen-bond acceptors (Lipinski definition) is 3. The summed E-state index contributed by atoms with van der Waals surface area (Å²) in [7, 11) is -2.79. The molecule has 0 aliphatic rings. The molecule has 0 N–H and O–H groups in total. The summed E-state index contributed by atoms with van der Waals surface area (Å²) in [6.07, 6.45) is 0.769. The van der Waals surface area contributed by atoms with Crippen LogP contribution in [0.2, 0.25) is 0 Å². The summed E-state index contributed by atoms with van der Waals surface area (Å²) in [4.78, 5) is 12.0. The smallest absolute Gasteiger partial charge is 0.305 e. The molecule has 98 valence electrons. The van der Waals surface area contributed by atoms with Gasteiger partial charge in [0, 0.05) is 5.56 Å². The van der Waals surface area contributed by atoms with Crippen LogP contribution in [-0.2, 0) is 11.0 Å². The predicted molar refractivity (Wildman–Crippen MR) is 76.2 cm³/mol. The Morgan fingerprint density at radius 3 is 2.37 bits per heavy atom. The summed E-state index contributed by atoms with van der Waals surface area (Å²) >= 11 is 0. The van der Waals surface area contributed by atoms with Crippen LogP contribution in [0.4, 0.5) is 0 Å². The van der Waals surface area contributed by atoms with Crippen LogP contribution >= 0.6 is 8.03 Å². The quantitative estimate of drug-likeness (QED) is 0.775. The minimum absolute atomic E-state index is 0.417. The van der Waals surface area contributed by atoms with Gasteiger partial charge in [-0.25, -0.2) is 0 Å². The Hall–Kier alpha value is -1.86. The highest BCUT2D eigenvalue weighted by molar-refractivity contribution is 7.60. The first kappa shape index (κ1) is 13.6. The molecular formula is C15H15O3P. The molecule has 0 fully saturated rings. The Balaban J connectivity index is 2.16. The first-order valence-electron chi connectivity index (χ1n) is 6.12. The van der Waals surface area contributed by atoms with Gasteiger partial charge in [-0.15, -0.1) is 0 Å². The molecule has 0 aliphatic heterocycles. The molecule has 2 rings (SSSR count). The van der Waals surface area contributed by atoms with E-state index in [1.54, 1.807) is 42.5 Å². The van der Waals surface area contributed by atoms with Crippen molar-refractivity contribution in [2.24, 2.45) is 0 Å². The third-order valence-corrected chi connectivity index (χ3v) is 3.84. The first-order chi connectivity index (χ1) is 9.22. The third-order valence-electron chi connectivity index (χ3n) is 2.78. The molecule has 0 aromatic heterocycles. The third kappa shape index (κ3) is 3.33. The van der Waals surface area contributed by atoms with Gasteiger partial charge in [-0.1, -0.05) is 55.5 Å². The SMILES string of the molecule is CCc1ccccc1O[PH](=O)C(=O)c1ccccc1. The van der Waals surface area contributed by atoms with Crippen molar-refractivity contribution in [1.82, 2.24) is 0 Å². The van der Waals surface area contributed by atoms with E-state index in [0.29, 0.717) is 11.3 Å². The van der Waals surface area contributed by atoms with Crippen molar-refractivity contribution in [3.63, 3.8) is 0 Å². The fourth-order valence-corrected chi connectivity index (χ4v) is 2.64. The van der Waals surface area contributed by atoms with Gasteiger partial charge >= 0.3 is 8.03 Å². The van der Waals surface area contributed by atoms with Gasteiger partial charge in [0.05, 0.1) is 0 Å². The Bertz CT molecular complexity index is 593. The molecule has 0 amide bonds. The topological polar surface area (TPSA) is 43.4 Å². The van der Waals surface area contributed by atoms with Crippen molar-refractivity contribution in [3.8, 4) is 5.75 Å². The average molecular weight is 274 g/mol. The number of benzene rings is 2. The molecule has 0 spiro atoms. The lowest BCUT2D eigenvalue weighted by Gasteiger charge is -2.09. The summed E-state index contributed by atoms with van der Waals surface area (Å²) in [5.41, 5.74) is 0.915. The second kappa shape index (κ2) is 6.35. The first-order valence-corrected chi connectivity index (χ1v) is 7.43. The van der Waals surface area contributed by atoms with Crippen molar-refractivity contribution in [3.05, 3.63) is 65.7 Å². The van der Waals surface area contributed by atoms with Gasteiger partial charge in [0.1, 0.15) is 5.75 Å². The summed E-state index contributed by atoms with van der Waals surface area (Å²) in [5, 5.41) is 0. The molecule has 3 nitrogen and oxygen atoms in total. The Labute approximate surface area is 113 Å². The maximum atomic E-state index is 12.0. The van der Waals surface area contributed by atoms with Gasteiger partial charge in [0.2, 0.25) is 0 Å². The zero-order valence-electron chi connectivity index (χ0n) is 10.6. The number of aryl methyl sites for hydroxylation is 1. The maximum absolute atomic E-state index is 12.0. The fraction of sp³-hybridized carbons (Fsp3) is 0.133. The molecule has 0 aliphatic carbocycles. The van der Waals surface area contributed by atoms with Gasteiger partial charge in [0.25, 0.3) is 5.52 Å². The molecule has 19 heavy (non-hydrogen) atoms. The highest BCUT2D eigenvalue weighted by Gasteiger charge is 2.16. The Morgan fingerprint density at radius 2 is 1.68 bits per heavy atom. The van der Waals surface area contributed by atoms with Crippen LogP contribution in [0.1, 0.15) is 22.8 Å². The fourth-order valence-electron chi connectivity index (χ4n) is 1.75. The minimum atomic E-state index is -2.79. The van der Waals surface area contributed by atoms with E-state index in [0.717, 1.165) is 12.0 Å². The van der Waals surface area contributed by atoms with Gasteiger partial charge in [-0.3, -0.25) is 9.36 Å². The number of para-hydroxylation sites is 1. The zero-order valence-corrected chi connectivity index (χ0v) is 11.6. The monoisotopic (exact) mass is 274 g/mol. The molecule has 0 bridgehead atoms. The second-order valence-corrected chi connectivity index (χ2v) is 5.28. The number of rotatable bonds is 5. The number of carbonyl (C=O) groups excluding carboxylic acids is 1. The van der Waals surface area contributed by atoms with Gasteiger partial charge < -0.3 is 4.52 Å². The summed E-state index contributed by atoms with van der Waals surface area (Å²) in [6.45, 7) is 1.98. The van der Waals surface area contributed by atoms with Crippen molar-refractivity contribution >= 4 is 13.6 Å². The lowest BCUT2D eigenvalue weighted by molar-refractivity contribution is 0.107. The van der Waals surface area contributed by atoms with E-state index >= 15 is 0 Å². The van der Waals surface area contributed by atoms with Crippen molar-refractivity contribution < 1.29 is 13.9 Å². The van der Waals surface area contributed by atoms with E-state index in [2.05, 4.69) is 0 Å². The van der Waals surface area contributed by atoms with Crippen molar-refractivity contribution in [1.29, 1.82) is 0 Å². The van der Waals surface area contributed by atoms with Gasteiger partial charge in [0.15, 0.2) is 0 Å². The normalized spacial score (nSPS) is 11.8. The van der Waals surface area contributed by atoms with E-state index in [9.17, 15) is 9.36 Å². The number of carbonyl (C=O) groups is 1. The lowest BCUT2D eigenvalue weighted by atomic mass is 10.1. The summed E-state index contributed by atoms with van der Waals surface area (Å²) in [5.74, 6) is 0.526. The van der Waals surface area contributed by atoms with E-state index in [1.807, 2.05) is 19.1 Å². The van der Waals surface area contributed by atoms with Crippen LogP contribution in [0.25, 0.3) is 0 Å². The van der Waals surface area contributed by atoms with Gasteiger partial charge in [-0.05, 0) is 18.1 Å². The standard InChI is InChI=1S/C15H15O3P/c1-2-12-8-6-7-11-14(12)18-19(17)15(16)13-9-4-3-5-10-13/h3-11,19H,2H2,1H3. The molecule has 0 saturated carbocycles. The number of hydrogen-bond donors (Lipinski definition) is 0. The average Bonchev–Trinajstić information content (AvgIpc) is 2.48. The van der Waals surface area contributed by atoms with E-state index < -0.39 is 13.6 Å². The highest BCUT2D eigenvalue weighted by atomic mass is 31.1. The van der Waals surface area contributed by atoms with E-state index in [4.69, 9.17) is 4.52 Å². The maximum Gasteiger partial charge on any atom is 0.305 e. The predicted octanol–water partition coefficient (Wildman–Crippen LogP) is 3.94. The molecule has 2 aromatic rings. The van der Waals surface area contributed by atoms with Crippen LogP contribution in [0.5, 0.6) is 5.75 Å². The molecule has 0 saturated heterocycles. The van der Waals surface area contributed by atoms with Crippen LogP contribution in [0, 0.1) is 0 Å². The van der Waals surface area contributed by atoms with E-state index in [1.165, 1.54) is 0 Å². The summed E-state index contributed by atoms with van der Waals surface area (Å²) in [6, 6.07) is 15.9. The highest BCUT2D eigenvalue weighted by Crippen LogP contribution is 2.33. The van der Waals surface area contributed by atoms with Crippen molar-refractivity contribution in [2.45, 2.75) is 13.3 Å². The lowest BCUT2D eigenvalue weighted by Crippen LogP contribution is -1.98. The molecule has 1 atom stereocenters. The second-order valence-electron chi connectivity index (χ2n) is 4.05. The van der Waals surface area contributed by atoms with Crippen LogP contribution in [0.3, 0.4) is 0 Å². The molecule has 0 radical (unpaired) electrons. The molecule has 4 heteroatoms. The van der Waals surface area contributed by atoms with Gasteiger partial charge in [-0.2, -0.15) is 0 Å². The minimum Gasteiger partial charge on any atom is -0.439 e. The van der Waals surface area contributed by atoms with Crippen LogP contribution in [-0.4, -0.2) is 5.52 Å². The molecule has 1 unspecified atom stereocenters. The molecule has 0 heterocycles. The Kier molecular flexibility index (Phi) is 4.53. The largest absolute Gasteiger partial charge is 0.439 e.